The molecule has 3 N–H and O–H groups in total. The Balaban J connectivity index is 1.44. The Labute approximate surface area is 151 Å². The second-order valence-corrected chi connectivity index (χ2v) is 6.86. The second-order valence-electron chi connectivity index (χ2n) is 6.86. The lowest BCUT2D eigenvalue weighted by Gasteiger charge is -2.37. The highest BCUT2D eigenvalue weighted by Gasteiger charge is 2.32. The molecule has 4 heterocycles. The highest BCUT2D eigenvalue weighted by Crippen LogP contribution is 2.28. The number of hydrazone groups is 1. The zero-order valence-electron chi connectivity index (χ0n) is 14.6. The quantitative estimate of drug-likeness (QED) is 0.795. The molecule has 1 saturated heterocycles. The van der Waals surface area contributed by atoms with Crippen molar-refractivity contribution >= 4 is 28.6 Å². The maximum atomic E-state index is 5.65. The minimum absolute atomic E-state index is 0.0676. The van der Waals surface area contributed by atoms with Gasteiger partial charge < -0.3 is 20.0 Å². The molecule has 1 atom stereocenters. The first-order valence-corrected chi connectivity index (χ1v) is 8.79. The molecule has 5 rings (SSSR count). The number of fused-ring (bicyclic) bond motifs is 2. The molecule has 8 heteroatoms. The van der Waals surface area contributed by atoms with Crippen LogP contribution in [0.15, 0.2) is 46.1 Å². The SMILES string of the molecule is CN1CCN(C2=NNC3C=CC(c4ccc5nc(N)oc5c4)=CN23)CC1. The van der Waals surface area contributed by atoms with Gasteiger partial charge in [0.05, 0.1) is 0 Å². The van der Waals surface area contributed by atoms with Crippen molar-refractivity contribution in [3.63, 3.8) is 0 Å². The van der Waals surface area contributed by atoms with Crippen molar-refractivity contribution in [2.24, 2.45) is 5.10 Å². The van der Waals surface area contributed by atoms with E-state index in [2.05, 4.69) is 55.6 Å². The lowest BCUT2D eigenvalue weighted by Crippen LogP contribution is -2.51. The summed E-state index contributed by atoms with van der Waals surface area (Å²) in [5.41, 5.74) is 12.5. The molecule has 0 bridgehead atoms. The molecule has 0 radical (unpaired) electrons. The van der Waals surface area contributed by atoms with Crippen LogP contribution in [0.2, 0.25) is 0 Å². The summed E-state index contributed by atoms with van der Waals surface area (Å²) in [6.07, 6.45) is 6.44. The van der Waals surface area contributed by atoms with Crippen molar-refractivity contribution in [2.45, 2.75) is 6.17 Å². The molecule has 1 aromatic carbocycles. The molecule has 3 aliphatic rings. The molecule has 2 aromatic rings. The predicted octanol–water partition coefficient (Wildman–Crippen LogP) is 1.07. The second kappa shape index (κ2) is 5.77. The van der Waals surface area contributed by atoms with E-state index in [1.807, 2.05) is 18.2 Å². The molecule has 134 valence electrons. The fraction of sp³-hybridized carbons (Fsp3) is 0.333. The van der Waals surface area contributed by atoms with E-state index >= 15 is 0 Å². The molecular formula is C18H21N7O. The number of rotatable bonds is 1. The molecule has 0 amide bonds. The van der Waals surface area contributed by atoms with Crippen LogP contribution < -0.4 is 11.2 Å². The third kappa shape index (κ3) is 2.50. The van der Waals surface area contributed by atoms with Crippen molar-refractivity contribution in [2.75, 3.05) is 39.0 Å². The van der Waals surface area contributed by atoms with E-state index in [4.69, 9.17) is 10.2 Å². The van der Waals surface area contributed by atoms with E-state index in [0.717, 1.165) is 48.8 Å². The average Bonchev–Trinajstić information content (AvgIpc) is 3.23. The minimum atomic E-state index is 0.0676. The fourth-order valence-corrected chi connectivity index (χ4v) is 3.56. The van der Waals surface area contributed by atoms with Gasteiger partial charge in [-0.05, 0) is 36.4 Å². The summed E-state index contributed by atoms with van der Waals surface area (Å²) in [6.45, 7) is 4.06. The largest absolute Gasteiger partial charge is 0.424 e. The number of aromatic nitrogens is 1. The molecule has 1 unspecified atom stereocenters. The summed E-state index contributed by atoms with van der Waals surface area (Å²) in [5.74, 6) is 0.981. The molecule has 1 aromatic heterocycles. The Hall–Kier alpha value is -3.00. The lowest BCUT2D eigenvalue weighted by atomic mass is 10.0. The van der Waals surface area contributed by atoms with Crippen molar-refractivity contribution in [3.05, 3.63) is 42.1 Å². The lowest BCUT2D eigenvalue weighted by molar-refractivity contribution is 0.203. The van der Waals surface area contributed by atoms with Gasteiger partial charge in [0.1, 0.15) is 11.7 Å². The summed E-state index contributed by atoms with van der Waals surface area (Å²) in [6, 6.07) is 6.14. The molecule has 8 nitrogen and oxygen atoms in total. The fourth-order valence-electron chi connectivity index (χ4n) is 3.56. The number of benzene rings is 1. The number of nitrogens with two attached hydrogens (primary N) is 1. The Morgan fingerprint density at radius 1 is 1.23 bits per heavy atom. The maximum Gasteiger partial charge on any atom is 0.292 e. The smallest absolute Gasteiger partial charge is 0.292 e. The van der Waals surface area contributed by atoms with Gasteiger partial charge in [-0.3, -0.25) is 10.3 Å². The van der Waals surface area contributed by atoms with Crippen molar-refractivity contribution in [1.82, 2.24) is 25.1 Å². The first kappa shape index (κ1) is 15.3. The number of nitrogen functional groups attached to an aromatic ring is 1. The van der Waals surface area contributed by atoms with Gasteiger partial charge in [-0.1, -0.05) is 12.1 Å². The van der Waals surface area contributed by atoms with Crippen LogP contribution in [-0.4, -0.2) is 65.0 Å². The Bertz CT molecular complexity index is 936. The number of nitrogens with zero attached hydrogens (tertiary/aromatic N) is 5. The summed E-state index contributed by atoms with van der Waals surface area (Å²) in [4.78, 5) is 11.0. The van der Waals surface area contributed by atoms with Crippen LogP contribution in [0.5, 0.6) is 0 Å². The van der Waals surface area contributed by atoms with E-state index in [1.165, 1.54) is 0 Å². The highest BCUT2D eigenvalue weighted by atomic mass is 16.4. The van der Waals surface area contributed by atoms with E-state index in [9.17, 15) is 0 Å². The number of nitrogens with one attached hydrogen (secondary N) is 1. The monoisotopic (exact) mass is 351 g/mol. The number of hydrogen-bond donors (Lipinski definition) is 2. The van der Waals surface area contributed by atoms with Gasteiger partial charge in [-0.2, -0.15) is 4.98 Å². The summed E-state index contributed by atoms with van der Waals surface area (Å²) >= 11 is 0. The zero-order chi connectivity index (χ0) is 17.7. The summed E-state index contributed by atoms with van der Waals surface area (Å²) < 4.78 is 5.47. The standard InChI is InChI=1S/C18H21N7O/c1-23-6-8-24(9-7-23)18-22-21-16-5-3-13(11-25(16)18)12-2-4-14-15(10-12)26-17(19)20-14/h2-5,10-11,16,21H,6-9H2,1H3,(H2,19,20). The Kier molecular flexibility index (Phi) is 3.39. The van der Waals surface area contributed by atoms with Crippen molar-refractivity contribution in [1.29, 1.82) is 0 Å². The van der Waals surface area contributed by atoms with Crippen LogP contribution in [0.3, 0.4) is 0 Å². The molecular weight excluding hydrogens is 330 g/mol. The highest BCUT2D eigenvalue weighted by molar-refractivity contribution is 5.89. The van der Waals surface area contributed by atoms with Crippen LogP contribution in [0, 0.1) is 0 Å². The van der Waals surface area contributed by atoms with Gasteiger partial charge in [-0.15, -0.1) is 5.10 Å². The van der Waals surface area contributed by atoms with Gasteiger partial charge in [-0.25, -0.2) is 0 Å². The Morgan fingerprint density at radius 3 is 2.92 bits per heavy atom. The molecule has 26 heavy (non-hydrogen) atoms. The third-order valence-corrected chi connectivity index (χ3v) is 5.09. The van der Waals surface area contributed by atoms with E-state index < -0.39 is 0 Å². The maximum absolute atomic E-state index is 5.65. The number of hydrogen-bond acceptors (Lipinski definition) is 8. The van der Waals surface area contributed by atoms with Crippen LogP contribution in [0.1, 0.15) is 5.56 Å². The van der Waals surface area contributed by atoms with Crippen LogP contribution in [0.4, 0.5) is 6.01 Å². The number of allylic oxidation sites excluding steroid dienone is 2. The average molecular weight is 351 g/mol. The number of guanidine groups is 1. The molecule has 3 aliphatic heterocycles. The first-order chi connectivity index (χ1) is 12.7. The minimum Gasteiger partial charge on any atom is -0.424 e. The van der Waals surface area contributed by atoms with Gasteiger partial charge >= 0.3 is 0 Å². The topological polar surface area (TPSA) is 86.2 Å². The number of piperazine rings is 1. The number of oxazole rings is 1. The van der Waals surface area contributed by atoms with Gasteiger partial charge in [0.25, 0.3) is 6.01 Å². The molecule has 1 fully saturated rings. The molecule has 0 aliphatic carbocycles. The van der Waals surface area contributed by atoms with Crippen molar-refractivity contribution < 1.29 is 4.42 Å². The number of likely N-dealkylation sites (N-methyl/N-ethyl adjacent to an activating group) is 1. The van der Waals surface area contributed by atoms with E-state index in [1.54, 1.807) is 0 Å². The Morgan fingerprint density at radius 2 is 2.08 bits per heavy atom. The van der Waals surface area contributed by atoms with Crippen LogP contribution in [-0.2, 0) is 0 Å². The van der Waals surface area contributed by atoms with Gasteiger partial charge in [0, 0.05) is 32.4 Å². The number of anilines is 1. The molecule has 0 saturated carbocycles. The van der Waals surface area contributed by atoms with Gasteiger partial charge in [0.2, 0.25) is 5.96 Å². The summed E-state index contributed by atoms with van der Waals surface area (Å²) in [5, 5.41) is 4.57. The molecule has 0 spiro atoms. The van der Waals surface area contributed by atoms with E-state index in [0.29, 0.717) is 5.58 Å². The van der Waals surface area contributed by atoms with Crippen LogP contribution in [0.25, 0.3) is 16.7 Å². The van der Waals surface area contributed by atoms with E-state index in [-0.39, 0.29) is 12.2 Å². The van der Waals surface area contributed by atoms with Crippen LogP contribution >= 0.6 is 0 Å². The zero-order valence-corrected chi connectivity index (χ0v) is 14.6. The normalized spacial score (nSPS) is 23.0. The summed E-state index contributed by atoms with van der Waals surface area (Å²) in [7, 11) is 2.16. The first-order valence-electron chi connectivity index (χ1n) is 8.79. The predicted molar refractivity (Wildman–Crippen MR) is 101 cm³/mol. The van der Waals surface area contributed by atoms with Crippen molar-refractivity contribution in [3.8, 4) is 0 Å². The van der Waals surface area contributed by atoms with Gasteiger partial charge in [0.15, 0.2) is 5.58 Å². The third-order valence-electron chi connectivity index (χ3n) is 5.09.